The number of nitrogens with zero attached hydrogens (tertiary/aromatic N) is 2. The standard InChI is InChI=1S/C26H24F6N2O2/c1-16(2)3-9-21(19-6-10-23(33-15-19)26(30,31)32)34-12-11-17(14-24(35)36)13-22(34)18-4-7-20(8-5-18)25(27,28)29/h4-8,10,15,17,21-22H,1,11-14H2,2H3,(H,35,36)/t17-,21+,22-/m0/s1. The van der Waals surface area contributed by atoms with E-state index in [-0.39, 0.29) is 12.3 Å². The summed E-state index contributed by atoms with van der Waals surface area (Å²) in [6.07, 6.45) is -7.34. The summed E-state index contributed by atoms with van der Waals surface area (Å²) >= 11 is 0. The highest BCUT2D eigenvalue weighted by atomic mass is 19.4. The van der Waals surface area contributed by atoms with Gasteiger partial charge in [0.1, 0.15) is 5.69 Å². The van der Waals surface area contributed by atoms with Gasteiger partial charge in [-0.05, 0) is 60.6 Å². The van der Waals surface area contributed by atoms with Crippen LogP contribution in [0.2, 0.25) is 0 Å². The first-order valence-corrected chi connectivity index (χ1v) is 11.1. The number of aliphatic carboxylic acids is 1. The molecule has 0 unspecified atom stereocenters. The zero-order valence-corrected chi connectivity index (χ0v) is 19.3. The summed E-state index contributed by atoms with van der Waals surface area (Å²) in [5, 5.41) is 9.27. The van der Waals surface area contributed by atoms with Crippen molar-refractivity contribution < 1.29 is 36.2 Å². The number of rotatable bonds is 5. The van der Waals surface area contributed by atoms with Gasteiger partial charge in [-0.1, -0.05) is 36.6 Å². The highest BCUT2D eigenvalue weighted by molar-refractivity contribution is 5.67. The summed E-state index contributed by atoms with van der Waals surface area (Å²) in [5.74, 6) is 4.65. The molecular formula is C26H24F6N2O2. The number of pyridine rings is 1. The molecule has 2 heterocycles. The normalized spacial score (nSPS) is 19.8. The van der Waals surface area contributed by atoms with E-state index in [2.05, 4.69) is 23.4 Å². The number of halogens is 6. The Morgan fingerprint density at radius 1 is 1.14 bits per heavy atom. The van der Waals surface area contributed by atoms with E-state index in [0.29, 0.717) is 36.1 Å². The van der Waals surface area contributed by atoms with E-state index < -0.39 is 41.7 Å². The number of carboxylic acid groups (broad SMARTS) is 1. The molecule has 3 atom stereocenters. The smallest absolute Gasteiger partial charge is 0.433 e. The molecule has 1 aromatic carbocycles. The Bertz CT molecular complexity index is 1140. The number of aromatic nitrogens is 1. The van der Waals surface area contributed by atoms with Crippen molar-refractivity contribution in [3.8, 4) is 11.8 Å². The maximum atomic E-state index is 13.1. The lowest BCUT2D eigenvalue weighted by Crippen LogP contribution is -2.39. The van der Waals surface area contributed by atoms with E-state index in [9.17, 15) is 36.2 Å². The SMILES string of the molecule is C=C(C)C#C[C@H](c1ccc(C(F)(F)F)nc1)N1CC[C@H](CC(=O)O)C[C@H]1c1ccc(C(F)(F)F)cc1. The number of hydrogen-bond acceptors (Lipinski definition) is 3. The average molecular weight is 510 g/mol. The molecule has 0 amide bonds. The Morgan fingerprint density at radius 2 is 1.81 bits per heavy atom. The second kappa shape index (κ2) is 10.7. The zero-order valence-electron chi connectivity index (χ0n) is 19.3. The molecule has 0 radical (unpaired) electrons. The quantitative estimate of drug-likeness (QED) is 0.361. The molecule has 36 heavy (non-hydrogen) atoms. The van der Waals surface area contributed by atoms with Crippen LogP contribution in [0.4, 0.5) is 26.3 Å². The van der Waals surface area contributed by atoms with E-state index in [1.807, 2.05) is 4.90 Å². The lowest BCUT2D eigenvalue weighted by Gasteiger charge is -2.42. The summed E-state index contributed by atoms with van der Waals surface area (Å²) < 4.78 is 78.4. The minimum atomic E-state index is -4.62. The third-order valence-corrected chi connectivity index (χ3v) is 5.99. The van der Waals surface area contributed by atoms with Crippen molar-refractivity contribution in [3.63, 3.8) is 0 Å². The molecule has 0 spiro atoms. The highest BCUT2D eigenvalue weighted by Gasteiger charge is 2.37. The van der Waals surface area contributed by atoms with Crippen LogP contribution in [-0.2, 0) is 17.1 Å². The monoisotopic (exact) mass is 510 g/mol. The van der Waals surface area contributed by atoms with E-state index >= 15 is 0 Å². The van der Waals surface area contributed by atoms with Crippen molar-refractivity contribution in [3.05, 3.63) is 77.1 Å². The average Bonchev–Trinajstić information content (AvgIpc) is 2.78. The number of allylic oxidation sites excluding steroid dienone is 1. The van der Waals surface area contributed by atoms with Gasteiger partial charge < -0.3 is 5.11 Å². The number of hydrogen-bond donors (Lipinski definition) is 1. The van der Waals surface area contributed by atoms with Gasteiger partial charge in [0, 0.05) is 25.2 Å². The van der Waals surface area contributed by atoms with Crippen molar-refractivity contribution in [1.82, 2.24) is 9.88 Å². The number of likely N-dealkylation sites (tertiary alicyclic amines) is 1. The molecule has 1 aliphatic rings. The summed E-state index contributed by atoms with van der Waals surface area (Å²) in [6.45, 7) is 5.74. The van der Waals surface area contributed by atoms with E-state index in [0.717, 1.165) is 24.4 Å². The molecular weight excluding hydrogens is 486 g/mol. The predicted octanol–water partition coefficient (Wildman–Crippen LogP) is 6.67. The topological polar surface area (TPSA) is 53.4 Å². The number of carbonyl (C=O) groups is 1. The van der Waals surface area contributed by atoms with Crippen LogP contribution in [0.1, 0.15) is 60.7 Å². The van der Waals surface area contributed by atoms with Gasteiger partial charge in [-0.2, -0.15) is 26.3 Å². The van der Waals surface area contributed by atoms with Gasteiger partial charge in [-0.3, -0.25) is 14.7 Å². The molecule has 1 saturated heterocycles. The Morgan fingerprint density at radius 3 is 2.31 bits per heavy atom. The van der Waals surface area contributed by atoms with Crippen molar-refractivity contribution in [1.29, 1.82) is 0 Å². The van der Waals surface area contributed by atoms with Crippen LogP contribution in [-0.4, -0.2) is 27.5 Å². The zero-order chi connectivity index (χ0) is 26.7. The predicted molar refractivity (Wildman–Crippen MR) is 120 cm³/mol. The van der Waals surface area contributed by atoms with Crippen LogP contribution in [0, 0.1) is 17.8 Å². The number of piperidine rings is 1. The molecule has 4 nitrogen and oxygen atoms in total. The molecule has 10 heteroatoms. The molecule has 192 valence electrons. The molecule has 3 rings (SSSR count). The first-order valence-electron chi connectivity index (χ1n) is 11.1. The van der Waals surface area contributed by atoms with Crippen LogP contribution < -0.4 is 0 Å². The van der Waals surface area contributed by atoms with Gasteiger partial charge in [-0.15, -0.1) is 0 Å². The largest absolute Gasteiger partial charge is 0.481 e. The summed E-state index contributed by atoms with van der Waals surface area (Å²) in [4.78, 5) is 16.7. The van der Waals surface area contributed by atoms with Gasteiger partial charge in [0.05, 0.1) is 11.6 Å². The van der Waals surface area contributed by atoms with Crippen molar-refractivity contribution >= 4 is 5.97 Å². The Kier molecular flexibility index (Phi) is 8.14. The van der Waals surface area contributed by atoms with E-state index in [4.69, 9.17) is 0 Å². The third kappa shape index (κ3) is 6.88. The van der Waals surface area contributed by atoms with Crippen molar-refractivity contribution in [2.24, 2.45) is 5.92 Å². The molecule has 1 aromatic heterocycles. The number of alkyl halides is 6. The minimum absolute atomic E-state index is 0.102. The summed E-state index contributed by atoms with van der Waals surface area (Å²) in [7, 11) is 0. The Balaban J connectivity index is 2.04. The first kappa shape index (κ1) is 27.3. The van der Waals surface area contributed by atoms with Crippen molar-refractivity contribution in [2.75, 3.05) is 6.54 Å². The third-order valence-electron chi connectivity index (χ3n) is 5.99. The van der Waals surface area contributed by atoms with Gasteiger partial charge in [-0.25, -0.2) is 0 Å². The van der Waals surface area contributed by atoms with Crippen LogP contribution in [0.5, 0.6) is 0 Å². The fourth-order valence-corrected chi connectivity index (χ4v) is 4.30. The highest BCUT2D eigenvalue weighted by Crippen LogP contribution is 2.42. The van der Waals surface area contributed by atoms with Crippen molar-refractivity contribution in [2.45, 2.75) is 50.6 Å². The lowest BCUT2D eigenvalue weighted by molar-refractivity contribution is -0.141. The van der Waals surface area contributed by atoms with Gasteiger partial charge in [0.2, 0.25) is 0 Å². The minimum Gasteiger partial charge on any atom is -0.481 e. The van der Waals surface area contributed by atoms with Crippen LogP contribution in [0.15, 0.2) is 54.7 Å². The fraction of sp³-hybridized carbons (Fsp3) is 0.385. The molecule has 1 N–H and O–H groups in total. The molecule has 2 aromatic rings. The van der Waals surface area contributed by atoms with Crippen LogP contribution >= 0.6 is 0 Å². The second-order valence-electron chi connectivity index (χ2n) is 8.79. The first-order chi connectivity index (χ1) is 16.8. The Labute approximate surface area is 204 Å². The second-order valence-corrected chi connectivity index (χ2v) is 8.79. The summed E-state index contributed by atoms with van der Waals surface area (Å²) in [6, 6.07) is 5.49. The van der Waals surface area contributed by atoms with E-state index in [1.165, 1.54) is 18.2 Å². The van der Waals surface area contributed by atoms with Crippen LogP contribution in [0.3, 0.4) is 0 Å². The number of benzene rings is 1. The van der Waals surface area contributed by atoms with Crippen LogP contribution in [0.25, 0.3) is 0 Å². The summed E-state index contributed by atoms with van der Waals surface area (Å²) in [5.41, 5.74) is -0.448. The fourth-order valence-electron chi connectivity index (χ4n) is 4.30. The van der Waals surface area contributed by atoms with E-state index in [1.54, 1.807) is 6.92 Å². The molecule has 1 fully saturated rings. The molecule has 0 aliphatic carbocycles. The van der Waals surface area contributed by atoms with Gasteiger partial charge in [0.25, 0.3) is 0 Å². The molecule has 1 aliphatic heterocycles. The lowest BCUT2D eigenvalue weighted by atomic mass is 9.83. The molecule has 0 saturated carbocycles. The maximum absolute atomic E-state index is 13.1. The van der Waals surface area contributed by atoms with Gasteiger partial charge >= 0.3 is 18.3 Å². The number of carboxylic acids is 1. The molecule has 0 bridgehead atoms. The van der Waals surface area contributed by atoms with Gasteiger partial charge in [0.15, 0.2) is 0 Å². The maximum Gasteiger partial charge on any atom is 0.433 e. The Hall–Kier alpha value is -3.32.